The van der Waals surface area contributed by atoms with Gasteiger partial charge in [0.05, 0.1) is 0 Å². The van der Waals surface area contributed by atoms with E-state index in [0.29, 0.717) is 0 Å². The van der Waals surface area contributed by atoms with E-state index in [-0.39, 0.29) is 5.54 Å². The van der Waals surface area contributed by atoms with E-state index in [9.17, 15) is 0 Å². The molecule has 0 unspecified atom stereocenters. The molecule has 2 heterocycles. The summed E-state index contributed by atoms with van der Waals surface area (Å²) in [5.41, 5.74) is 0.664. The standard InChI is InChI=1S/C14H20N4O/c1-10-5-7-12(19-10)11-6-8-13(18-17-11)16-14(2,3)9-15-4/h5-8,15H,9H2,1-4H3,(H,16,18). The molecule has 0 bridgehead atoms. The van der Waals surface area contributed by atoms with Gasteiger partial charge in [0.15, 0.2) is 5.76 Å². The summed E-state index contributed by atoms with van der Waals surface area (Å²) in [6, 6.07) is 7.64. The van der Waals surface area contributed by atoms with Crippen LogP contribution in [-0.2, 0) is 0 Å². The molecule has 2 aromatic heterocycles. The topological polar surface area (TPSA) is 63.0 Å². The quantitative estimate of drug-likeness (QED) is 0.864. The SMILES string of the molecule is CNCC(C)(C)Nc1ccc(-c2ccc(C)o2)nn1. The second-order valence-corrected chi connectivity index (χ2v) is 5.25. The first kappa shape index (κ1) is 13.5. The van der Waals surface area contributed by atoms with E-state index >= 15 is 0 Å². The van der Waals surface area contributed by atoms with Crippen LogP contribution in [0, 0.1) is 6.92 Å². The molecule has 0 aliphatic carbocycles. The van der Waals surface area contributed by atoms with Gasteiger partial charge in [-0.25, -0.2) is 0 Å². The Morgan fingerprint density at radius 1 is 1.16 bits per heavy atom. The highest BCUT2D eigenvalue weighted by Crippen LogP contribution is 2.20. The molecule has 0 radical (unpaired) electrons. The zero-order valence-corrected chi connectivity index (χ0v) is 11.8. The molecule has 0 fully saturated rings. The summed E-state index contributed by atoms with van der Waals surface area (Å²) in [7, 11) is 1.93. The molecular weight excluding hydrogens is 240 g/mol. The first-order chi connectivity index (χ1) is 9.00. The first-order valence-electron chi connectivity index (χ1n) is 6.33. The molecule has 5 heteroatoms. The van der Waals surface area contributed by atoms with E-state index in [1.165, 1.54) is 0 Å². The monoisotopic (exact) mass is 260 g/mol. The normalized spacial score (nSPS) is 11.6. The molecule has 19 heavy (non-hydrogen) atoms. The minimum absolute atomic E-state index is 0.0772. The van der Waals surface area contributed by atoms with Crippen molar-refractivity contribution >= 4 is 5.82 Å². The number of likely N-dealkylation sites (N-methyl/N-ethyl adjacent to an activating group) is 1. The average Bonchev–Trinajstić information content (AvgIpc) is 2.76. The van der Waals surface area contributed by atoms with Gasteiger partial charge in [0.2, 0.25) is 0 Å². The fraction of sp³-hybridized carbons (Fsp3) is 0.429. The maximum atomic E-state index is 5.52. The lowest BCUT2D eigenvalue weighted by atomic mass is 10.1. The lowest BCUT2D eigenvalue weighted by Crippen LogP contribution is -2.40. The van der Waals surface area contributed by atoms with Gasteiger partial charge < -0.3 is 15.1 Å². The number of anilines is 1. The maximum absolute atomic E-state index is 5.52. The van der Waals surface area contributed by atoms with Gasteiger partial charge in [0.25, 0.3) is 0 Å². The highest BCUT2D eigenvalue weighted by Gasteiger charge is 2.17. The molecule has 5 nitrogen and oxygen atoms in total. The van der Waals surface area contributed by atoms with Crippen LogP contribution in [0.3, 0.4) is 0 Å². The molecule has 102 valence electrons. The Labute approximate surface area is 113 Å². The van der Waals surface area contributed by atoms with Crippen LogP contribution in [0.15, 0.2) is 28.7 Å². The average molecular weight is 260 g/mol. The van der Waals surface area contributed by atoms with Crippen LogP contribution >= 0.6 is 0 Å². The Hall–Kier alpha value is -1.88. The van der Waals surface area contributed by atoms with E-state index in [0.717, 1.165) is 29.6 Å². The van der Waals surface area contributed by atoms with E-state index in [4.69, 9.17) is 4.42 Å². The Morgan fingerprint density at radius 3 is 2.47 bits per heavy atom. The molecule has 0 saturated carbocycles. The van der Waals surface area contributed by atoms with Crippen LogP contribution in [0.1, 0.15) is 19.6 Å². The molecule has 0 aliphatic rings. The van der Waals surface area contributed by atoms with Crippen molar-refractivity contribution in [3.05, 3.63) is 30.0 Å². The Morgan fingerprint density at radius 2 is 1.95 bits per heavy atom. The molecule has 0 spiro atoms. The van der Waals surface area contributed by atoms with Gasteiger partial charge in [-0.15, -0.1) is 10.2 Å². The summed E-state index contributed by atoms with van der Waals surface area (Å²) >= 11 is 0. The van der Waals surface area contributed by atoms with Gasteiger partial charge in [0.1, 0.15) is 17.3 Å². The van der Waals surface area contributed by atoms with Crippen molar-refractivity contribution in [2.24, 2.45) is 0 Å². The lowest BCUT2D eigenvalue weighted by Gasteiger charge is -2.26. The second-order valence-electron chi connectivity index (χ2n) is 5.25. The molecule has 2 rings (SSSR count). The predicted octanol–water partition coefficient (Wildman–Crippen LogP) is 2.45. The van der Waals surface area contributed by atoms with Crippen molar-refractivity contribution < 1.29 is 4.42 Å². The van der Waals surface area contributed by atoms with Crippen molar-refractivity contribution in [3.63, 3.8) is 0 Å². The van der Waals surface area contributed by atoms with Crippen molar-refractivity contribution in [2.45, 2.75) is 26.3 Å². The Balaban J connectivity index is 2.10. The lowest BCUT2D eigenvalue weighted by molar-refractivity contribution is 0.527. The fourth-order valence-corrected chi connectivity index (χ4v) is 1.94. The summed E-state index contributed by atoms with van der Waals surface area (Å²) in [5, 5.41) is 14.8. The van der Waals surface area contributed by atoms with Crippen LogP contribution < -0.4 is 10.6 Å². The largest absolute Gasteiger partial charge is 0.460 e. The van der Waals surface area contributed by atoms with Gasteiger partial charge in [-0.2, -0.15) is 0 Å². The second kappa shape index (κ2) is 5.40. The molecule has 2 N–H and O–H groups in total. The summed E-state index contributed by atoms with van der Waals surface area (Å²) in [5.74, 6) is 2.37. The minimum atomic E-state index is -0.0772. The van der Waals surface area contributed by atoms with Crippen molar-refractivity contribution in [1.29, 1.82) is 0 Å². The zero-order chi connectivity index (χ0) is 13.9. The molecule has 0 atom stereocenters. The van der Waals surface area contributed by atoms with Gasteiger partial charge in [-0.05, 0) is 52.1 Å². The van der Waals surface area contributed by atoms with Crippen LogP contribution in [0.4, 0.5) is 5.82 Å². The van der Waals surface area contributed by atoms with E-state index in [1.807, 2.05) is 38.2 Å². The van der Waals surface area contributed by atoms with E-state index in [2.05, 4.69) is 34.7 Å². The third kappa shape index (κ3) is 3.54. The fourth-order valence-electron chi connectivity index (χ4n) is 1.94. The summed E-state index contributed by atoms with van der Waals surface area (Å²) < 4.78 is 5.52. The number of rotatable bonds is 5. The van der Waals surface area contributed by atoms with Gasteiger partial charge >= 0.3 is 0 Å². The minimum Gasteiger partial charge on any atom is -0.460 e. The maximum Gasteiger partial charge on any atom is 0.154 e. The zero-order valence-electron chi connectivity index (χ0n) is 11.8. The number of hydrogen-bond donors (Lipinski definition) is 2. The molecule has 2 aromatic rings. The van der Waals surface area contributed by atoms with Crippen LogP contribution in [0.25, 0.3) is 11.5 Å². The third-order valence-corrected chi connectivity index (χ3v) is 2.74. The summed E-state index contributed by atoms with van der Waals surface area (Å²) in [6.45, 7) is 6.96. The molecule has 0 aromatic carbocycles. The number of hydrogen-bond acceptors (Lipinski definition) is 5. The van der Waals surface area contributed by atoms with Crippen LogP contribution in [0.5, 0.6) is 0 Å². The smallest absolute Gasteiger partial charge is 0.154 e. The molecule has 0 saturated heterocycles. The number of aryl methyl sites for hydroxylation is 1. The summed E-state index contributed by atoms with van der Waals surface area (Å²) in [6.07, 6.45) is 0. The number of aromatic nitrogens is 2. The highest BCUT2D eigenvalue weighted by molar-refractivity contribution is 5.53. The Kier molecular flexibility index (Phi) is 3.85. The van der Waals surface area contributed by atoms with Gasteiger partial charge in [-0.1, -0.05) is 0 Å². The third-order valence-electron chi connectivity index (χ3n) is 2.74. The first-order valence-corrected chi connectivity index (χ1v) is 6.33. The molecular formula is C14H20N4O. The van der Waals surface area contributed by atoms with Gasteiger partial charge in [0, 0.05) is 12.1 Å². The van der Waals surface area contributed by atoms with Crippen molar-refractivity contribution in [2.75, 3.05) is 18.9 Å². The Bertz CT molecular complexity index is 531. The summed E-state index contributed by atoms with van der Waals surface area (Å²) in [4.78, 5) is 0. The number of nitrogens with zero attached hydrogens (tertiary/aromatic N) is 2. The van der Waals surface area contributed by atoms with E-state index < -0.39 is 0 Å². The van der Waals surface area contributed by atoms with Crippen molar-refractivity contribution in [1.82, 2.24) is 15.5 Å². The van der Waals surface area contributed by atoms with Crippen LogP contribution in [0.2, 0.25) is 0 Å². The highest BCUT2D eigenvalue weighted by atomic mass is 16.3. The molecule has 0 aliphatic heterocycles. The van der Waals surface area contributed by atoms with Crippen LogP contribution in [-0.4, -0.2) is 29.3 Å². The predicted molar refractivity (Wildman–Crippen MR) is 76.1 cm³/mol. The number of nitrogens with one attached hydrogen (secondary N) is 2. The van der Waals surface area contributed by atoms with E-state index in [1.54, 1.807) is 0 Å². The van der Waals surface area contributed by atoms with Gasteiger partial charge in [-0.3, -0.25) is 0 Å². The number of furan rings is 1. The van der Waals surface area contributed by atoms with Crippen molar-refractivity contribution in [3.8, 4) is 11.5 Å². The molecule has 0 amide bonds.